The number of benzene rings is 2. The monoisotopic (exact) mass is 453 g/mol. The molecule has 1 aliphatic rings. The highest BCUT2D eigenvalue weighted by Crippen LogP contribution is 2.34. The van der Waals surface area contributed by atoms with Crippen molar-refractivity contribution in [1.82, 2.24) is 14.8 Å². The molecule has 9 nitrogen and oxygen atoms in total. The molecule has 0 radical (unpaired) electrons. The van der Waals surface area contributed by atoms with Crippen molar-refractivity contribution < 1.29 is 19.1 Å². The van der Waals surface area contributed by atoms with Crippen LogP contribution >= 0.6 is 11.8 Å². The van der Waals surface area contributed by atoms with E-state index in [2.05, 4.69) is 15.5 Å². The average Bonchev–Trinajstić information content (AvgIpc) is 3.39. The first-order chi connectivity index (χ1) is 15.5. The summed E-state index contributed by atoms with van der Waals surface area (Å²) in [5.74, 6) is 0.383. The predicted octanol–water partition coefficient (Wildman–Crippen LogP) is 2.98. The fraction of sp³-hybridized carbons (Fsp3) is 0.273. The minimum Gasteiger partial charge on any atom is -0.493 e. The lowest BCUT2D eigenvalue weighted by atomic mass is 10.1. The maximum atomic E-state index is 12.8. The zero-order valence-electron chi connectivity index (χ0n) is 17.9. The Bertz CT molecular complexity index is 1130. The molecule has 2 amide bonds. The average molecular weight is 454 g/mol. The van der Waals surface area contributed by atoms with Gasteiger partial charge < -0.3 is 24.3 Å². The van der Waals surface area contributed by atoms with Crippen molar-refractivity contribution >= 4 is 35.0 Å². The van der Waals surface area contributed by atoms with E-state index in [0.717, 1.165) is 10.1 Å². The molecule has 32 heavy (non-hydrogen) atoms. The molecule has 0 aliphatic carbocycles. The van der Waals surface area contributed by atoms with Gasteiger partial charge in [-0.3, -0.25) is 9.59 Å². The quantitative estimate of drug-likeness (QED) is 0.587. The van der Waals surface area contributed by atoms with Gasteiger partial charge in [0.1, 0.15) is 6.33 Å². The Morgan fingerprint density at radius 3 is 2.53 bits per heavy atom. The van der Waals surface area contributed by atoms with E-state index in [4.69, 9.17) is 9.47 Å². The molecule has 0 bridgehead atoms. The van der Waals surface area contributed by atoms with Crippen LogP contribution in [0.2, 0.25) is 0 Å². The van der Waals surface area contributed by atoms with Crippen LogP contribution in [-0.4, -0.2) is 47.3 Å². The van der Waals surface area contributed by atoms with Crippen molar-refractivity contribution in [2.45, 2.75) is 16.5 Å². The number of amides is 2. The normalized spacial score (nSPS) is 15.7. The summed E-state index contributed by atoms with van der Waals surface area (Å²) >= 11 is 1.48. The van der Waals surface area contributed by atoms with Crippen LogP contribution in [0.4, 0.5) is 11.4 Å². The summed E-state index contributed by atoms with van der Waals surface area (Å²) in [6, 6.07) is 12.8. The van der Waals surface area contributed by atoms with Crippen molar-refractivity contribution in [2.75, 3.05) is 31.0 Å². The number of carbonyl (C=O) groups is 2. The highest BCUT2D eigenvalue weighted by atomic mass is 32.2. The lowest BCUT2D eigenvalue weighted by Gasteiger charge is -2.18. The summed E-state index contributed by atoms with van der Waals surface area (Å²) in [5.41, 5.74) is 1.35. The predicted molar refractivity (Wildman–Crippen MR) is 120 cm³/mol. The van der Waals surface area contributed by atoms with Gasteiger partial charge in [-0.05, 0) is 48.2 Å². The second-order valence-electron chi connectivity index (χ2n) is 7.28. The number of nitrogens with one attached hydrogen (secondary N) is 1. The summed E-state index contributed by atoms with van der Waals surface area (Å²) in [6.07, 6.45) is 1.80. The molecule has 1 N–H and O–H groups in total. The first-order valence-electron chi connectivity index (χ1n) is 9.93. The summed E-state index contributed by atoms with van der Waals surface area (Å²) in [6.45, 7) is 0.306. The largest absolute Gasteiger partial charge is 0.493 e. The van der Waals surface area contributed by atoms with Gasteiger partial charge in [0.25, 0.3) is 0 Å². The lowest BCUT2D eigenvalue weighted by Crippen LogP contribution is -2.28. The highest BCUT2D eigenvalue weighted by molar-refractivity contribution is 7.99. The van der Waals surface area contributed by atoms with Crippen LogP contribution in [0.3, 0.4) is 0 Å². The number of aromatic nitrogens is 3. The standard InChI is InChI=1S/C22H23N5O4S/c1-26-13-23-25-22(26)32-17-7-4-15(5-8-17)24-21(29)14-10-20(28)27(12-14)16-6-9-18(30-2)19(11-16)31-3/h4-9,11,13-14H,10,12H2,1-3H3,(H,24,29). The summed E-state index contributed by atoms with van der Waals surface area (Å²) < 4.78 is 12.4. The Morgan fingerprint density at radius 2 is 1.88 bits per heavy atom. The minimum absolute atomic E-state index is 0.104. The molecule has 0 saturated carbocycles. The van der Waals surface area contributed by atoms with E-state index in [1.165, 1.54) is 11.8 Å². The van der Waals surface area contributed by atoms with E-state index in [1.54, 1.807) is 43.6 Å². The van der Waals surface area contributed by atoms with Crippen LogP contribution in [0.1, 0.15) is 6.42 Å². The van der Waals surface area contributed by atoms with Gasteiger partial charge >= 0.3 is 0 Å². The SMILES string of the molecule is COc1ccc(N2CC(C(=O)Nc3ccc(Sc4nncn4C)cc3)CC2=O)cc1OC. The van der Waals surface area contributed by atoms with Crippen molar-refractivity contribution in [3.63, 3.8) is 0 Å². The molecule has 4 rings (SSSR count). The van der Waals surface area contributed by atoms with Gasteiger partial charge in [-0.25, -0.2) is 0 Å². The molecule has 10 heteroatoms. The van der Waals surface area contributed by atoms with Crippen LogP contribution < -0.4 is 19.7 Å². The van der Waals surface area contributed by atoms with Crippen molar-refractivity contribution in [1.29, 1.82) is 0 Å². The summed E-state index contributed by atoms with van der Waals surface area (Å²) in [7, 11) is 4.98. The summed E-state index contributed by atoms with van der Waals surface area (Å²) in [4.78, 5) is 27.9. The van der Waals surface area contributed by atoms with Crippen molar-refractivity contribution in [3.8, 4) is 11.5 Å². The maximum absolute atomic E-state index is 12.8. The van der Waals surface area contributed by atoms with Gasteiger partial charge in [0.05, 0.1) is 20.1 Å². The van der Waals surface area contributed by atoms with Gasteiger partial charge in [-0.2, -0.15) is 0 Å². The Hall–Kier alpha value is -3.53. The second kappa shape index (κ2) is 9.31. The number of carbonyl (C=O) groups excluding carboxylic acids is 2. The molecule has 1 aromatic heterocycles. The Balaban J connectivity index is 1.39. The molecule has 1 atom stereocenters. The fourth-order valence-corrected chi connectivity index (χ4v) is 4.21. The number of aryl methyl sites for hydroxylation is 1. The van der Waals surface area contributed by atoms with Gasteiger partial charge in [0.2, 0.25) is 11.8 Å². The van der Waals surface area contributed by atoms with E-state index >= 15 is 0 Å². The lowest BCUT2D eigenvalue weighted by molar-refractivity contribution is -0.122. The third-order valence-corrected chi connectivity index (χ3v) is 6.24. The number of methoxy groups -OCH3 is 2. The van der Waals surface area contributed by atoms with Gasteiger partial charge in [0.15, 0.2) is 16.7 Å². The van der Waals surface area contributed by atoms with Crippen LogP contribution in [0.25, 0.3) is 0 Å². The highest BCUT2D eigenvalue weighted by Gasteiger charge is 2.35. The molecular formula is C22H23N5O4S. The van der Waals surface area contributed by atoms with Gasteiger partial charge in [0, 0.05) is 42.3 Å². The molecule has 2 heterocycles. The second-order valence-corrected chi connectivity index (χ2v) is 8.33. The van der Waals surface area contributed by atoms with E-state index in [1.807, 2.05) is 35.9 Å². The molecular weight excluding hydrogens is 430 g/mol. The smallest absolute Gasteiger partial charge is 0.229 e. The van der Waals surface area contributed by atoms with Gasteiger partial charge in [-0.1, -0.05) is 0 Å². The molecule has 3 aromatic rings. The van der Waals surface area contributed by atoms with E-state index < -0.39 is 5.92 Å². The maximum Gasteiger partial charge on any atom is 0.229 e. The number of anilines is 2. The van der Waals surface area contributed by atoms with Gasteiger partial charge in [-0.15, -0.1) is 10.2 Å². The first kappa shape index (κ1) is 21.7. The molecule has 0 spiro atoms. The zero-order chi connectivity index (χ0) is 22.7. The van der Waals surface area contributed by atoms with Crippen LogP contribution in [0.5, 0.6) is 11.5 Å². The molecule has 1 fully saturated rings. The number of rotatable bonds is 7. The van der Waals surface area contributed by atoms with Crippen molar-refractivity contribution in [3.05, 3.63) is 48.8 Å². The van der Waals surface area contributed by atoms with Crippen LogP contribution in [-0.2, 0) is 16.6 Å². The molecule has 1 aliphatic heterocycles. The topological polar surface area (TPSA) is 98.6 Å². The fourth-order valence-electron chi connectivity index (χ4n) is 3.45. The van der Waals surface area contributed by atoms with Crippen LogP contribution in [0, 0.1) is 5.92 Å². The molecule has 1 unspecified atom stereocenters. The minimum atomic E-state index is -0.441. The summed E-state index contributed by atoms with van der Waals surface area (Å²) in [5, 5.41) is 11.6. The van der Waals surface area contributed by atoms with Crippen molar-refractivity contribution in [2.24, 2.45) is 13.0 Å². The number of ether oxygens (including phenoxy) is 2. The third-order valence-electron chi connectivity index (χ3n) is 5.18. The molecule has 2 aromatic carbocycles. The zero-order valence-corrected chi connectivity index (χ0v) is 18.8. The Morgan fingerprint density at radius 1 is 1.12 bits per heavy atom. The third kappa shape index (κ3) is 4.54. The van der Waals surface area contributed by atoms with E-state index in [-0.39, 0.29) is 18.2 Å². The van der Waals surface area contributed by atoms with Crippen LogP contribution in [0.15, 0.2) is 58.8 Å². The number of hydrogen-bond donors (Lipinski definition) is 1. The molecule has 166 valence electrons. The van der Waals surface area contributed by atoms with E-state index in [0.29, 0.717) is 29.4 Å². The first-order valence-corrected chi connectivity index (χ1v) is 10.8. The Labute approximate surface area is 189 Å². The number of hydrogen-bond acceptors (Lipinski definition) is 7. The number of nitrogens with zero attached hydrogens (tertiary/aromatic N) is 4. The Kier molecular flexibility index (Phi) is 6.31. The molecule has 1 saturated heterocycles. The van der Waals surface area contributed by atoms with E-state index in [9.17, 15) is 9.59 Å².